The van der Waals surface area contributed by atoms with Crippen LogP contribution in [0.2, 0.25) is 0 Å². The molecule has 0 amide bonds. The SMILES string of the molecule is C=CCC[C@H](c1ccc(OC(F)(F)F)c(F)c1)N1CCNCC1. The summed E-state index contributed by atoms with van der Waals surface area (Å²) >= 11 is 0. The number of piperazine rings is 1. The second-order valence-corrected chi connectivity index (χ2v) is 5.41. The summed E-state index contributed by atoms with van der Waals surface area (Å²) in [6, 6.07) is 3.63. The third-order valence-electron chi connectivity index (χ3n) is 3.80. The molecule has 0 bridgehead atoms. The summed E-state index contributed by atoms with van der Waals surface area (Å²) in [6.45, 7) is 6.98. The van der Waals surface area contributed by atoms with Crippen molar-refractivity contribution in [2.75, 3.05) is 26.2 Å². The summed E-state index contributed by atoms with van der Waals surface area (Å²) in [7, 11) is 0. The lowest BCUT2D eigenvalue weighted by atomic mass is 9.99. The molecule has 1 atom stereocenters. The van der Waals surface area contributed by atoms with Gasteiger partial charge < -0.3 is 10.1 Å². The van der Waals surface area contributed by atoms with Crippen molar-refractivity contribution in [3.8, 4) is 5.75 Å². The number of alkyl halides is 3. The first-order chi connectivity index (χ1) is 10.9. The molecule has 1 aromatic rings. The number of nitrogens with one attached hydrogen (secondary N) is 1. The molecule has 7 heteroatoms. The third kappa shape index (κ3) is 5.21. The standard InChI is InChI=1S/C16H20F4N2O/c1-2-3-4-14(22-9-7-21-8-10-22)12-5-6-15(13(17)11-12)23-16(18,19)20/h2,5-6,11,14,21H,1,3-4,7-10H2/t14-/m1/s1. The molecular formula is C16H20F4N2O. The van der Waals surface area contributed by atoms with E-state index in [0.29, 0.717) is 5.56 Å². The van der Waals surface area contributed by atoms with E-state index >= 15 is 0 Å². The molecule has 23 heavy (non-hydrogen) atoms. The van der Waals surface area contributed by atoms with Gasteiger partial charge in [0.1, 0.15) is 0 Å². The number of ether oxygens (including phenoxy) is 1. The van der Waals surface area contributed by atoms with Crippen LogP contribution in [0.3, 0.4) is 0 Å². The van der Waals surface area contributed by atoms with Crippen molar-refractivity contribution in [2.45, 2.75) is 25.2 Å². The highest BCUT2D eigenvalue weighted by Crippen LogP contribution is 2.31. The molecule has 0 radical (unpaired) electrons. The maximum Gasteiger partial charge on any atom is 0.573 e. The van der Waals surface area contributed by atoms with Crippen LogP contribution in [-0.4, -0.2) is 37.4 Å². The predicted molar refractivity (Wildman–Crippen MR) is 79.7 cm³/mol. The van der Waals surface area contributed by atoms with Gasteiger partial charge in [0.2, 0.25) is 0 Å². The first-order valence-corrected chi connectivity index (χ1v) is 7.51. The van der Waals surface area contributed by atoms with Crippen molar-refractivity contribution >= 4 is 0 Å². The molecule has 3 nitrogen and oxygen atoms in total. The Morgan fingerprint density at radius 2 is 2.00 bits per heavy atom. The second kappa shape index (κ2) is 7.79. The van der Waals surface area contributed by atoms with Crippen molar-refractivity contribution in [2.24, 2.45) is 0 Å². The molecule has 1 N–H and O–H groups in total. The van der Waals surface area contributed by atoms with Crippen LogP contribution in [0.1, 0.15) is 24.4 Å². The zero-order chi connectivity index (χ0) is 16.9. The van der Waals surface area contributed by atoms with Gasteiger partial charge in [-0.3, -0.25) is 4.90 Å². The third-order valence-corrected chi connectivity index (χ3v) is 3.80. The van der Waals surface area contributed by atoms with Crippen molar-refractivity contribution < 1.29 is 22.3 Å². The van der Waals surface area contributed by atoms with Crippen molar-refractivity contribution in [1.82, 2.24) is 10.2 Å². The summed E-state index contributed by atoms with van der Waals surface area (Å²) in [4.78, 5) is 2.21. The molecule has 0 aliphatic carbocycles. The molecule has 0 spiro atoms. The number of halogens is 4. The molecule has 1 aliphatic rings. The molecule has 0 unspecified atom stereocenters. The minimum absolute atomic E-state index is 0.0514. The van der Waals surface area contributed by atoms with Crippen LogP contribution in [0.4, 0.5) is 17.6 Å². The highest BCUT2D eigenvalue weighted by molar-refractivity contribution is 5.31. The molecule has 1 fully saturated rings. The van der Waals surface area contributed by atoms with Gasteiger partial charge in [0.25, 0.3) is 0 Å². The molecule has 0 saturated carbocycles. The minimum Gasteiger partial charge on any atom is -0.403 e. The number of allylic oxidation sites excluding steroid dienone is 1. The Labute approximate surface area is 132 Å². The van der Waals surface area contributed by atoms with Gasteiger partial charge in [0.15, 0.2) is 11.6 Å². The van der Waals surface area contributed by atoms with Crippen LogP contribution in [0, 0.1) is 5.82 Å². The molecule has 128 valence electrons. The number of hydrogen-bond donors (Lipinski definition) is 1. The first kappa shape index (κ1) is 17.7. The fourth-order valence-corrected chi connectivity index (χ4v) is 2.76. The quantitative estimate of drug-likeness (QED) is 0.636. The topological polar surface area (TPSA) is 24.5 Å². The summed E-state index contributed by atoms with van der Waals surface area (Å²) in [5, 5.41) is 3.24. The summed E-state index contributed by atoms with van der Waals surface area (Å²) in [5.41, 5.74) is 0.653. The maximum atomic E-state index is 14.0. The lowest BCUT2D eigenvalue weighted by Crippen LogP contribution is -2.45. The molecule has 1 aliphatic heterocycles. The van der Waals surface area contributed by atoms with E-state index in [9.17, 15) is 17.6 Å². The van der Waals surface area contributed by atoms with Crippen LogP contribution in [-0.2, 0) is 0 Å². The van der Waals surface area contributed by atoms with Gasteiger partial charge in [-0.1, -0.05) is 12.1 Å². The van der Waals surface area contributed by atoms with Gasteiger partial charge in [0.05, 0.1) is 0 Å². The fourth-order valence-electron chi connectivity index (χ4n) is 2.76. The molecule has 1 saturated heterocycles. The Kier molecular flexibility index (Phi) is 6.01. The average Bonchev–Trinajstić information content (AvgIpc) is 2.50. The number of nitrogens with zero attached hydrogens (tertiary/aromatic N) is 1. The smallest absolute Gasteiger partial charge is 0.403 e. The lowest BCUT2D eigenvalue weighted by Gasteiger charge is -2.35. The minimum atomic E-state index is -4.90. The fraction of sp³-hybridized carbons (Fsp3) is 0.500. The average molecular weight is 332 g/mol. The van der Waals surface area contributed by atoms with Gasteiger partial charge in [-0.05, 0) is 30.5 Å². The number of hydrogen-bond acceptors (Lipinski definition) is 3. The highest BCUT2D eigenvalue weighted by Gasteiger charge is 2.32. The van der Waals surface area contributed by atoms with Crippen molar-refractivity contribution in [3.63, 3.8) is 0 Å². The van der Waals surface area contributed by atoms with Gasteiger partial charge in [-0.2, -0.15) is 0 Å². The highest BCUT2D eigenvalue weighted by atomic mass is 19.4. The first-order valence-electron chi connectivity index (χ1n) is 7.51. The summed E-state index contributed by atoms with van der Waals surface area (Å²) < 4.78 is 54.3. The molecule has 2 rings (SSSR count). The normalized spacial score (nSPS) is 17.7. The zero-order valence-corrected chi connectivity index (χ0v) is 12.7. The van der Waals surface area contributed by atoms with Gasteiger partial charge >= 0.3 is 6.36 Å². The van der Waals surface area contributed by atoms with Crippen LogP contribution in [0.15, 0.2) is 30.9 Å². The van der Waals surface area contributed by atoms with Crippen LogP contribution in [0.5, 0.6) is 5.75 Å². The molecule has 1 aromatic carbocycles. The van der Waals surface area contributed by atoms with Gasteiger partial charge in [-0.25, -0.2) is 4.39 Å². The maximum absolute atomic E-state index is 14.0. The van der Waals surface area contributed by atoms with Crippen molar-refractivity contribution in [3.05, 3.63) is 42.2 Å². The van der Waals surface area contributed by atoms with Gasteiger partial charge in [0, 0.05) is 32.2 Å². The van der Waals surface area contributed by atoms with E-state index in [4.69, 9.17) is 0 Å². The zero-order valence-electron chi connectivity index (χ0n) is 12.7. The van der Waals surface area contributed by atoms with E-state index in [1.54, 1.807) is 6.08 Å². The van der Waals surface area contributed by atoms with Crippen LogP contribution in [0.25, 0.3) is 0 Å². The Hall–Kier alpha value is -1.60. The molecule has 1 heterocycles. The predicted octanol–water partition coefficient (Wildman–Crippen LogP) is 3.64. The lowest BCUT2D eigenvalue weighted by molar-refractivity contribution is -0.275. The Bertz CT molecular complexity index is 527. The number of rotatable bonds is 6. The van der Waals surface area contributed by atoms with Crippen molar-refractivity contribution in [1.29, 1.82) is 0 Å². The van der Waals surface area contributed by atoms with E-state index in [-0.39, 0.29) is 6.04 Å². The summed E-state index contributed by atoms with van der Waals surface area (Å²) in [5.74, 6) is -1.80. The van der Waals surface area contributed by atoms with E-state index in [2.05, 4.69) is 21.5 Å². The summed E-state index contributed by atoms with van der Waals surface area (Å²) in [6.07, 6.45) is -1.63. The van der Waals surface area contributed by atoms with Crippen LogP contribution < -0.4 is 10.1 Å². The monoisotopic (exact) mass is 332 g/mol. The Morgan fingerprint density at radius 3 is 2.57 bits per heavy atom. The molecule has 0 aromatic heterocycles. The molecular weight excluding hydrogens is 312 g/mol. The van der Waals surface area contributed by atoms with E-state index in [1.165, 1.54) is 6.07 Å². The van der Waals surface area contributed by atoms with Crippen LogP contribution >= 0.6 is 0 Å². The Balaban J connectivity index is 2.20. The van der Waals surface area contributed by atoms with E-state index < -0.39 is 17.9 Å². The second-order valence-electron chi connectivity index (χ2n) is 5.41. The number of benzene rings is 1. The largest absolute Gasteiger partial charge is 0.573 e. The Morgan fingerprint density at radius 1 is 1.30 bits per heavy atom. The van der Waals surface area contributed by atoms with Gasteiger partial charge in [-0.15, -0.1) is 19.8 Å². The van der Waals surface area contributed by atoms with E-state index in [1.807, 2.05) is 0 Å². The van der Waals surface area contributed by atoms with E-state index in [0.717, 1.165) is 51.2 Å².